The lowest BCUT2D eigenvalue weighted by atomic mass is 9.89. The summed E-state index contributed by atoms with van der Waals surface area (Å²) < 4.78 is 5.78. The Balaban J connectivity index is 0.00000249. The van der Waals surface area contributed by atoms with Crippen LogP contribution in [0.25, 0.3) is 11.1 Å². The predicted octanol–water partition coefficient (Wildman–Crippen LogP) is 8.49. The molecular weight excluding hydrogens is 416 g/mol. The van der Waals surface area contributed by atoms with Gasteiger partial charge in [-0.25, -0.2) is 0 Å². The molecule has 3 nitrogen and oxygen atoms in total. The average Bonchev–Trinajstić information content (AvgIpc) is 2.78. The van der Waals surface area contributed by atoms with E-state index in [1.807, 2.05) is 58.9 Å². The molecule has 176 valence electrons. The standard InChI is InChI=1S/C26H34O3S.C2H6/c1-5-6-7-18-29-22-12-8-20(9-13-22)21-10-14-23(15-11-21)30-25(16-17-27)24(28)19-26(2,3)4;1-2/h8-17,25,27H,5-7,18-19H2,1-4H3;1-2H3/b17-16+;. The lowest BCUT2D eigenvalue weighted by Crippen LogP contribution is -2.21. The van der Waals surface area contributed by atoms with E-state index in [1.165, 1.54) is 24.6 Å². The number of unbranched alkanes of at least 4 members (excludes halogenated alkanes) is 2. The number of benzene rings is 2. The lowest BCUT2D eigenvalue weighted by molar-refractivity contribution is -0.119. The fourth-order valence-corrected chi connectivity index (χ4v) is 4.02. The van der Waals surface area contributed by atoms with Gasteiger partial charge in [0.05, 0.1) is 18.1 Å². The Bertz CT molecular complexity index is 802. The number of hydrogen-bond donors (Lipinski definition) is 1. The van der Waals surface area contributed by atoms with Gasteiger partial charge in [-0.15, -0.1) is 11.8 Å². The quantitative estimate of drug-likeness (QED) is 0.209. The van der Waals surface area contributed by atoms with Crippen molar-refractivity contribution in [1.29, 1.82) is 0 Å². The number of hydrogen-bond acceptors (Lipinski definition) is 4. The summed E-state index contributed by atoms with van der Waals surface area (Å²) >= 11 is 1.47. The first-order valence-corrected chi connectivity index (χ1v) is 12.5. The van der Waals surface area contributed by atoms with Crippen molar-refractivity contribution in [2.24, 2.45) is 5.41 Å². The lowest BCUT2D eigenvalue weighted by Gasteiger charge is -2.20. The van der Waals surface area contributed by atoms with Crippen LogP contribution in [0.15, 0.2) is 65.8 Å². The summed E-state index contributed by atoms with van der Waals surface area (Å²) in [5.74, 6) is 1.02. The monoisotopic (exact) mass is 456 g/mol. The minimum Gasteiger partial charge on any atom is -0.516 e. The maximum atomic E-state index is 12.6. The van der Waals surface area contributed by atoms with Crippen LogP contribution >= 0.6 is 11.8 Å². The van der Waals surface area contributed by atoms with Gasteiger partial charge in [0, 0.05) is 11.3 Å². The van der Waals surface area contributed by atoms with Crippen molar-refractivity contribution in [2.75, 3.05) is 6.61 Å². The molecule has 0 aliphatic rings. The number of aliphatic hydroxyl groups is 1. The van der Waals surface area contributed by atoms with Gasteiger partial charge >= 0.3 is 0 Å². The van der Waals surface area contributed by atoms with Crippen LogP contribution in [0.4, 0.5) is 0 Å². The molecule has 1 atom stereocenters. The number of ether oxygens (including phenoxy) is 1. The number of carbonyl (C=O) groups is 1. The summed E-state index contributed by atoms with van der Waals surface area (Å²) in [6.07, 6.45) is 6.48. The van der Waals surface area contributed by atoms with E-state index in [4.69, 9.17) is 4.74 Å². The number of carbonyl (C=O) groups excluding carboxylic acids is 1. The highest BCUT2D eigenvalue weighted by Crippen LogP contribution is 2.31. The Morgan fingerprint density at radius 1 is 1.00 bits per heavy atom. The zero-order valence-electron chi connectivity index (χ0n) is 20.6. The second kappa shape index (κ2) is 14.8. The van der Waals surface area contributed by atoms with Crippen LogP contribution in [0.2, 0.25) is 0 Å². The van der Waals surface area contributed by atoms with Gasteiger partial charge in [0.15, 0.2) is 5.78 Å². The van der Waals surface area contributed by atoms with E-state index in [0.717, 1.165) is 41.1 Å². The highest BCUT2D eigenvalue weighted by atomic mass is 32.2. The molecule has 0 aliphatic carbocycles. The van der Waals surface area contributed by atoms with Gasteiger partial charge in [-0.1, -0.05) is 78.6 Å². The van der Waals surface area contributed by atoms with Crippen LogP contribution in [0.5, 0.6) is 5.75 Å². The van der Waals surface area contributed by atoms with Gasteiger partial charge in [-0.2, -0.15) is 0 Å². The van der Waals surface area contributed by atoms with Gasteiger partial charge in [-0.3, -0.25) is 4.79 Å². The first-order chi connectivity index (χ1) is 15.3. The minimum atomic E-state index is -0.385. The molecule has 4 heteroatoms. The van der Waals surface area contributed by atoms with E-state index in [1.54, 1.807) is 6.08 Å². The van der Waals surface area contributed by atoms with E-state index < -0.39 is 0 Å². The zero-order chi connectivity index (χ0) is 24.0. The van der Waals surface area contributed by atoms with Crippen LogP contribution in [-0.2, 0) is 4.79 Å². The number of aliphatic hydroxyl groups excluding tert-OH is 1. The molecule has 0 radical (unpaired) electrons. The molecule has 0 saturated heterocycles. The zero-order valence-corrected chi connectivity index (χ0v) is 21.4. The minimum absolute atomic E-state index is 0.0745. The summed E-state index contributed by atoms with van der Waals surface area (Å²) in [4.78, 5) is 13.6. The van der Waals surface area contributed by atoms with Gasteiger partial charge in [0.25, 0.3) is 0 Å². The number of ketones is 1. The highest BCUT2D eigenvalue weighted by Gasteiger charge is 2.23. The summed E-state index contributed by atoms with van der Waals surface area (Å²) in [6, 6.07) is 16.3. The fraction of sp³-hybridized carbons (Fsp3) is 0.464. The van der Waals surface area contributed by atoms with Gasteiger partial charge in [-0.05, 0) is 53.3 Å². The topological polar surface area (TPSA) is 46.5 Å². The maximum Gasteiger partial charge on any atom is 0.150 e. The van der Waals surface area contributed by atoms with E-state index in [9.17, 15) is 9.90 Å². The smallest absolute Gasteiger partial charge is 0.150 e. The van der Waals surface area contributed by atoms with E-state index >= 15 is 0 Å². The van der Waals surface area contributed by atoms with Crippen molar-refractivity contribution in [2.45, 2.75) is 77.4 Å². The van der Waals surface area contributed by atoms with Crippen LogP contribution in [0.3, 0.4) is 0 Å². The molecule has 0 bridgehead atoms. The Hall–Kier alpha value is -2.20. The molecule has 2 aromatic rings. The number of thioether (sulfide) groups is 1. The molecule has 1 unspecified atom stereocenters. The van der Waals surface area contributed by atoms with Gasteiger partial charge < -0.3 is 9.84 Å². The molecule has 0 heterocycles. The van der Waals surface area contributed by atoms with Crippen molar-refractivity contribution in [3.8, 4) is 16.9 Å². The first kappa shape index (κ1) is 27.8. The Morgan fingerprint density at radius 3 is 2.06 bits per heavy atom. The van der Waals surface area contributed by atoms with E-state index in [2.05, 4.69) is 31.2 Å². The van der Waals surface area contributed by atoms with Crippen molar-refractivity contribution < 1.29 is 14.6 Å². The van der Waals surface area contributed by atoms with Crippen LogP contribution in [0, 0.1) is 5.41 Å². The average molecular weight is 457 g/mol. The summed E-state index contributed by atoms with van der Waals surface area (Å²) in [6.45, 7) is 13.1. The van der Waals surface area contributed by atoms with Crippen molar-refractivity contribution in [3.05, 3.63) is 60.9 Å². The molecule has 0 amide bonds. The Labute approximate surface area is 199 Å². The van der Waals surface area contributed by atoms with Crippen LogP contribution in [0.1, 0.15) is 67.2 Å². The normalized spacial score (nSPS) is 12.2. The van der Waals surface area contributed by atoms with Crippen molar-refractivity contribution in [3.63, 3.8) is 0 Å². The van der Waals surface area contributed by atoms with Crippen molar-refractivity contribution >= 4 is 17.5 Å². The molecule has 0 aromatic heterocycles. The molecule has 0 aliphatic heterocycles. The second-order valence-electron chi connectivity index (χ2n) is 8.69. The first-order valence-electron chi connectivity index (χ1n) is 11.7. The third kappa shape index (κ3) is 10.4. The summed E-state index contributed by atoms with van der Waals surface area (Å²) in [5.41, 5.74) is 2.17. The van der Waals surface area contributed by atoms with E-state index in [-0.39, 0.29) is 16.4 Å². The Morgan fingerprint density at radius 2 is 1.56 bits per heavy atom. The summed E-state index contributed by atoms with van der Waals surface area (Å²) in [5, 5.41) is 8.82. The van der Waals surface area contributed by atoms with Crippen LogP contribution in [-0.4, -0.2) is 22.7 Å². The third-order valence-electron chi connectivity index (χ3n) is 4.60. The summed E-state index contributed by atoms with van der Waals surface area (Å²) in [7, 11) is 0. The SMILES string of the molecule is CC.CCCCCOc1ccc(-c2ccc(SC(/C=C/O)C(=O)CC(C)(C)C)cc2)cc1. The predicted molar refractivity (Wildman–Crippen MR) is 139 cm³/mol. The second-order valence-corrected chi connectivity index (χ2v) is 9.90. The molecule has 0 saturated carbocycles. The molecule has 32 heavy (non-hydrogen) atoms. The largest absolute Gasteiger partial charge is 0.516 e. The van der Waals surface area contributed by atoms with Gasteiger partial charge in [0.1, 0.15) is 5.75 Å². The molecule has 0 spiro atoms. The van der Waals surface area contributed by atoms with Crippen molar-refractivity contribution in [1.82, 2.24) is 0 Å². The third-order valence-corrected chi connectivity index (χ3v) is 5.82. The van der Waals surface area contributed by atoms with E-state index in [0.29, 0.717) is 6.42 Å². The van der Waals surface area contributed by atoms with Gasteiger partial charge in [0.2, 0.25) is 0 Å². The Kier molecular flexibility index (Phi) is 12.9. The highest BCUT2D eigenvalue weighted by molar-refractivity contribution is 8.00. The molecule has 0 fully saturated rings. The maximum absolute atomic E-state index is 12.6. The molecule has 1 N–H and O–H groups in total. The molecular formula is C28H40O3S. The molecule has 2 rings (SSSR count). The number of rotatable bonds is 11. The number of Topliss-reactive ketones (excluding diaryl/α,β-unsaturated/α-hetero) is 1. The molecule has 2 aromatic carbocycles. The fourth-order valence-electron chi connectivity index (χ4n) is 3.07. The van der Waals surface area contributed by atoms with Crippen LogP contribution < -0.4 is 4.74 Å².